The maximum Gasteiger partial charge on any atom is 0.328 e. The predicted molar refractivity (Wildman–Crippen MR) is 68.6 cm³/mol. The number of hydrogen-bond donors (Lipinski definition) is 1. The van der Waals surface area contributed by atoms with E-state index in [0.29, 0.717) is 13.0 Å². The fourth-order valence-electron chi connectivity index (χ4n) is 2.34. The first-order valence-electron chi connectivity index (χ1n) is 6.27. The van der Waals surface area contributed by atoms with Crippen molar-refractivity contribution in [3.8, 4) is 5.75 Å². The van der Waals surface area contributed by atoms with Crippen LogP contribution >= 0.6 is 0 Å². The summed E-state index contributed by atoms with van der Waals surface area (Å²) in [4.78, 5) is 25.3. The van der Waals surface area contributed by atoms with Gasteiger partial charge in [-0.1, -0.05) is 12.1 Å². The van der Waals surface area contributed by atoms with Gasteiger partial charge in [0.1, 0.15) is 11.8 Å². The molecule has 0 saturated carbocycles. The Morgan fingerprint density at radius 2 is 2.05 bits per heavy atom. The highest BCUT2D eigenvalue weighted by molar-refractivity contribution is 5.86. The summed E-state index contributed by atoms with van der Waals surface area (Å²) >= 11 is 0. The van der Waals surface area contributed by atoms with Crippen LogP contribution in [0.15, 0.2) is 24.3 Å². The summed E-state index contributed by atoms with van der Waals surface area (Å²) in [5, 5.41) is 9.19. The third-order valence-electron chi connectivity index (χ3n) is 3.34. The second kappa shape index (κ2) is 5.73. The van der Waals surface area contributed by atoms with E-state index in [-0.39, 0.29) is 24.0 Å². The van der Waals surface area contributed by atoms with Crippen LogP contribution in [-0.2, 0) is 20.7 Å². The zero-order valence-corrected chi connectivity index (χ0v) is 10.8. The number of phenols is 1. The normalized spacial score (nSPS) is 18.4. The van der Waals surface area contributed by atoms with Crippen LogP contribution in [0.4, 0.5) is 0 Å². The van der Waals surface area contributed by atoms with Gasteiger partial charge in [0.2, 0.25) is 5.91 Å². The number of likely N-dealkylation sites (tertiary alicyclic amines) is 1. The molecule has 1 aromatic carbocycles. The number of phenolic OH excluding ortho intramolecular Hbond substituents is 1. The number of methoxy groups -OCH3 is 1. The Bertz CT molecular complexity index is 469. The number of benzene rings is 1. The molecule has 5 heteroatoms. The minimum Gasteiger partial charge on any atom is -0.508 e. The van der Waals surface area contributed by atoms with E-state index >= 15 is 0 Å². The summed E-state index contributed by atoms with van der Waals surface area (Å²) in [6.45, 7) is 0.594. The fourth-order valence-corrected chi connectivity index (χ4v) is 2.34. The zero-order chi connectivity index (χ0) is 13.8. The van der Waals surface area contributed by atoms with Crippen molar-refractivity contribution in [1.29, 1.82) is 0 Å². The largest absolute Gasteiger partial charge is 0.508 e. The molecule has 0 spiro atoms. The molecule has 1 atom stereocenters. The van der Waals surface area contributed by atoms with Crippen LogP contribution in [0.3, 0.4) is 0 Å². The van der Waals surface area contributed by atoms with Gasteiger partial charge < -0.3 is 14.7 Å². The number of rotatable bonds is 3. The molecule has 1 heterocycles. The van der Waals surface area contributed by atoms with Crippen molar-refractivity contribution < 1.29 is 19.4 Å². The summed E-state index contributed by atoms with van der Waals surface area (Å²) in [5.41, 5.74) is 0.818. The summed E-state index contributed by atoms with van der Waals surface area (Å²) in [5.74, 6) is -0.264. The molecule has 19 heavy (non-hydrogen) atoms. The van der Waals surface area contributed by atoms with Crippen molar-refractivity contribution in [3.63, 3.8) is 0 Å². The molecule has 1 N–H and O–H groups in total. The molecule has 0 radical (unpaired) electrons. The Hall–Kier alpha value is -2.04. The topological polar surface area (TPSA) is 66.8 Å². The molecule has 1 amide bonds. The highest BCUT2D eigenvalue weighted by Crippen LogP contribution is 2.20. The van der Waals surface area contributed by atoms with Crippen LogP contribution in [0.2, 0.25) is 0 Å². The second-order valence-corrected chi connectivity index (χ2v) is 4.61. The van der Waals surface area contributed by atoms with E-state index in [0.717, 1.165) is 12.0 Å². The number of ether oxygens (including phenoxy) is 1. The summed E-state index contributed by atoms with van der Waals surface area (Å²) in [6, 6.07) is 6.05. The van der Waals surface area contributed by atoms with E-state index in [1.165, 1.54) is 7.11 Å². The number of carbonyl (C=O) groups is 2. The van der Waals surface area contributed by atoms with Crippen molar-refractivity contribution in [1.82, 2.24) is 4.90 Å². The summed E-state index contributed by atoms with van der Waals surface area (Å²) in [6.07, 6.45) is 1.71. The van der Waals surface area contributed by atoms with Gasteiger partial charge in [-0.3, -0.25) is 4.79 Å². The van der Waals surface area contributed by atoms with E-state index in [9.17, 15) is 14.7 Å². The van der Waals surface area contributed by atoms with Gasteiger partial charge in [0.15, 0.2) is 0 Å². The Morgan fingerprint density at radius 3 is 2.68 bits per heavy atom. The lowest BCUT2D eigenvalue weighted by molar-refractivity contribution is -0.150. The predicted octanol–water partition coefficient (Wildman–Crippen LogP) is 1.10. The van der Waals surface area contributed by atoms with Gasteiger partial charge in [-0.15, -0.1) is 0 Å². The maximum atomic E-state index is 12.2. The molecule has 1 fully saturated rings. The minimum absolute atomic E-state index is 0.0846. The van der Waals surface area contributed by atoms with Gasteiger partial charge >= 0.3 is 5.97 Å². The van der Waals surface area contributed by atoms with Crippen molar-refractivity contribution in [2.75, 3.05) is 13.7 Å². The molecule has 0 bridgehead atoms. The third kappa shape index (κ3) is 3.05. The van der Waals surface area contributed by atoms with Gasteiger partial charge in [-0.25, -0.2) is 4.79 Å². The molecule has 0 aromatic heterocycles. The first-order chi connectivity index (χ1) is 9.11. The Morgan fingerprint density at radius 1 is 1.37 bits per heavy atom. The van der Waals surface area contributed by atoms with E-state index in [2.05, 4.69) is 0 Å². The van der Waals surface area contributed by atoms with Crippen LogP contribution in [0.25, 0.3) is 0 Å². The molecule has 1 aliphatic rings. The molecule has 1 aromatic rings. The van der Waals surface area contributed by atoms with Crippen LogP contribution in [0.5, 0.6) is 5.75 Å². The molecule has 1 aliphatic heterocycles. The van der Waals surface area contributed by atoms with Gasteiger partial charge in [0.05, 0.1) is 13.5 Å². The number of carbonyl (C=O) groups excluding carboxylic acids is 2. The molecule has 5 nitrogen and oxygen atoms in total. The molecular weight excluding hydrogens is 246 g/mol. The van der Waals surface area contributed by atoms with Crippen LogP contribution in [-0.4, -0.2) is 41.6 Å². The molecule has 0 aliphatic carbocycles. The van der Waals surface area contributed by atoms with Crippen LogP contribution in [0.1, 0.15) is 18.4 Å². The smallest absolute Gasteiger partial charge is 0.328 e. The first-order valence-corrected chi connectivity index (χ1v) is 6.27. The maximum absolute atomic E-state index is 12.2. The number of aromatic hydroxyl groups is 1. The number of amides is 1. The first kappa shape index (κ1) is 13.4. The van der Waals surface area contributed by atoms with Gasteiger partial charge in [0.25, 0.3) is 0 Å². The number of hydrogen-bond acceptors (Lipinski definition) is 4. The molecule has 1 saturated heterocycles. The summed E-state index contributed by atoms with van der Waals surface area (Å²) in [7, 11) is 1.34. The lowest BCUT2D eigenvalue weighted by Gasteiger charge is -2.22. The lowest BCUT2D eigenvalue weighted by atomic mass is 10.1. The SMILES string of the molecule is COC(=O)C1CCCN1C(=O)Cc1ccc(O)cc1. The average molecular weight is 263 g/mol. The van der Waals surface area contributed by atoms with Gasteiger partial charge in [-0.2, -0.15) is 0 Å². The average Bonchev–Trinajstić information content (AvgIpc) is 2.90. The molecule has 2 rings (SSSR count). The standard InChI is InChI=1S/C14H17NO4/c1-19-14(18)12-3-2-8-15(12)13(17)9-10-4-6-11(16)7-5-10/h4-7,12,16H,2-3,8-9H2,1H3. The van der Waals surface area contributed by atoms with E-state index in [1.54, 1.807) is 29.2 Å². The highest BCUT2D eigenvalue weighted by atomic mass is 16.5. The molecular formula is C14H17NO4. The Balaban J connectivity index is 2.03. The Kier molecular flexibility index (Phi) is 4.04. The van der Waals surface area contributed by atoms with Crippen molar-refractivity contribution in [2.24, 2.45) is 0 Å². The lowest BCUT2D eigenvalue weighted by Crippen LogP contribution is -2.41. The van der Waals surface area contributed by atoms with Crippen molar-refractivity contribution in [3.05, 3.63) is 29.8 Å². The Labute approximate surface area is 111 Å². The molecule has 1 unspecified atom stereocenters. The zero-order valence-electron chi connectivity index (χ0n) is 10.8. The van der Waals surface area contributed by atoms with Gasteiger partial charge in [0, 0.05) is 6.54 Å². The number of nitrogens with zero attached hydrogens (tertiary/aromatic N) is 1. The quantitative estimate of drug-likeness (QED) is 0.829. The van der Waals surface area contributed by atoms with Gasteiger partial charge in [-0.05, 0) is 30.5 Å². The van der Waals surface area contributed by atoms with Crippen LogP contribution < -0.4 is 0 Å². The third-order valence-corrected chi connectivity index (χ3v) is 3.34. The van der Waals surface area contributed by atoms with E-state index in [1.807, 2.05) is 0 Å². The fraction of sp³-hybridized carbons (Fsp3) is 0.429. The van der Waals surface area contributed by atoms with E-state index in [4.69, 9.17) is 4.74 Å². The minimum atomic E-state index is -0.449. The second-order valence-electron chi connectivity index (χ2n) is 4.61. The summed E-state index contributed by atoms with van der Waals surface area (Å²) < 4.78 is 4.71. The number of esters is 1. The highest BCUT2D eigenvalue weighted by Gasteiger charge is 2.34. The van der Waals surface area contributed by atoms with E-state index < -0.39 is 6.04 Å². The van der Waals surface area contributed by atoms with Crippen molar-refractivity contribution >= 4 is 11.9 Å². The van der Waals surface area contributed by atoms with Crippen LogP contribution in [0, 0.1) is 0 Å². The monoisotopic (exact) mass is 263 g/mol. The molecule has 102 valence electrons. The van der Waals surface area contributed by atoms with Crippen molar-refractivity contribution in [2.45, 2.75) is 25.3 Å².